The largest absolute Gasteiger partial charge is 0.378 e. The minimum Gasteiger partial charge on any atom is -0.378 e. The molecule has 17 heavy (non-hydrogen) atoms. The molecule has 1 fully saturated rings. The average Bonchev–Trinajstić information content (AvgIpc) is 2.71. The minimum absolute atomic E-state index is 0.188. The summed E-state index contributed by atoms with van der Waals surface area (Å²) in [7, 11) is 1.92. The van der Waals surface area contributed by atoms with Crippen molar-refractivity contribution in [1.29, 1.82) is 0 Å². The molecule has 1 aliphatic rings. The third-order valence-electron chi connectivity index (χ3n) is 2.83. The number of morpholine rings is 1. The van der Waals surface area contributed by atoms with Gasteiger partial charge < -0.3 is 14.8 Å². The van der Waals surface area contributed by atoms with E-state index in [9.17, 15) is 0 Å². The van der Waals surface area contributed by atoms with Gasteiger partial charge in [0.2, 0.25) is 0 Å². The molecular weight excluding hydrogens is 218 g/mol. The van der Waals surface area contributed by atoms with E-state index in [0.29, 0.717) is 6.61 Å². The predicted octanol–water partition coefficient (Wildman–Crippen LogP) is 0.356. The molecule has 1 aliphatic heterocycles. The van der Waals surface area contributed by atoms with Crippen molar-refractivity contribution in [3.8, 4) is 0 Å². The molecule has 1 aromatic heterocycles. The van der Waals surface area contributed by atoms with Gasteiger partial charge >= 0.3 is 0 Å². The first kappa shape index (κ1) is 12.5. The van der Waals surface area contributed by atoms with Crippen molar-refractivity contribution in [1.82, 2.24) is 15.1 Å². The first-order valence-corrected chi connectivity index (χ1v) is 6.15. The quantitative estimate of drug-likeness (QED) is 0.754. The fraction of sp³-hybridized carbons (Fsp3) is 0.750. The van der Waals surface area contributed by atoms with Gasteiger partial charge in [-0.05, 0) is 18.9 Å². The Morgan fingerprint density at radius 1 is 1.59 bits per heavy atom. The Balaban J connectivity index is 1.59. The molecule has 0 amide bonds. The topological polar surface area (TPSA) is 48.3 Å². The van der Waals surface area contributed by atoms with Crippen molar-refractivity contribution in [2.45, 2.75) is 25.6 Å². The average molecular weight is 239 g/mol. The van der Waals surface area contributed by atoms with Gasteiger partial charge in [-0.25, -0.2) is 0 Å². The number of hydrogen-bond donors (Lipinski definition) is 1. The van der Waals surface area contributed by atoms with Crippen molar-refractivity contribution >= 4 is 0 Å². The van der Waals surface area contributed by atoms with E-state index in [0.717, 1.165) is 26.1 Å². The van der Waals surface area contributed by atoms with Gasteiger partial charge in [-0.15, -0.1) is 0 Å². The number of aromatic nitrogens is 2. The third kappa shape index (κ3) is 4.11. The Morgan fingerprint density at radius 3 is 3.18 bits per heavy atom. The fourth-order valence-electron chi connectivity index (χ4n) is 1.98. The highest BCUT2D eigenvalue weighted by atomic mass is 16.5. The van der Waals surface area contributed by atoms with Crippen LogP contribution in [-0.4, -0.2) is 48.3 Å². The Bertz CT molecular complexity index is 340. The van der Waals surface area contributed by atoms with Crippen molar-refractivity contribution < 1.29 is 9.47 Å². The lowest BCUT2D eigenvalue weighted by Crippen LogP contribution is -2.45. The first-order chi connectivity index (χ1) is 8.24. The van der Waals surface area contributed by atoms with Crippen LogP contribution in [-0.2, 0) is 22.9 Å². The highest BCUT2D eigenvalue weighted by Gasteiger charge is 2.18. The first-order valence-electron chi connectivity index (χ1n) is 6.15. The van der Waals surface area contributed by atoms with Gasteiger partial charge in [-0.3, -0.25) is 4.68 Å². The SMILES string of the molecule is CC1CNCC(COCCc2cnn(C)c2)O1. The summed E-state index contributed by atoms with van der Waals surface area (Å²) < 4.78 is 13.2. The summed E-state index contributed by atoms with van der Waals surface area (Å²) in [6, 6.07) is 0. The van der Waals surface area contributed by atoms with Gasteiger partial charge in [-0.2, -0.15) is 5.10 Å². The van der Waals surface area contributed by atoms with Gasteiger partial charge in [0.15, 0.2) is 0 Å². The number of aryl methyl sites for hydroxylation is 1. The second-order valence-electron chi connectivity index (χ2n) is 4.57. The normalized spacial score (nSPS) is 25.1. The van der Waals surface area contributed by atoms with E-state index in [2.05, 4.69) is 17.3 Å². The van der Waals surface area contributed by atoms with Crippen LogP contribution in [0, 0.1) is 0 Å². The van der Waals surface area contributed by atoms with E-state index in [1.165, 1.54) is 5.56 Å². The molecule has 96 valence electrons. The molecule has 0 aliphatic carbocycles. The number of hydrogen-bond acceptors (Lipinski definition) is 4. The Labute approximate surface area is 102 Å². The van der Waals surface area contributed by atoms with Crippen molar-refractivity contribution in [3.63, 3.8) is 0 Å². The molecule has 5 heteroatoms. The highest BCUT2D eigenvalue weighted by Crippen LogP contribution is 2.04. The lowest BCUT2D eigenvalue weighted by Gasteiger charge is -2.28. The zero-order valence-electron chi connectivity index (χ0n) is 10.6. The van der Waals surface area contributed by atoms with E-state index in [4.69, 9.17) is 9.47 Å². The number of rotatable bonds is 5. The van der Waals surface area contributed by atoms with Crippen molar-refractivity contribution in [3.05, 3.63) is 18.0 Å². The monoisotopic (exact) mass is 239 g/mol. The van der Waals surface area contributed by atoms with E-state index in [1.807, 2.05) is 24.1 Å². The van der Waals surface area contributed by atoms with Crippen LogP contribution in [0.15, 0.2) is 12.4 Å². The van der Waals surface area contributed by atoms with Gasteiger partial charge in [-0.1, -0.05) is 0 Å². The molecule has 5 nitrogen and oxygen atoms in total. The second kappa shape index (κ2) is 6.14. The van der Waals surface area contributed by atoms with Crippen molar-refractivity contribution in [2.24, 2.45) is 7.05 Å². The van der Waals surface area contributed by atoms with Gasteiger partial charge in [0, 0.05) is 26.3 Å². The van der Waals surface area contributed by atoms with Crippen LogP contribution in [0.2, 0.25) is 0 Å². The summed E-state index contributed by atoms with van der Waals surface area (Å²) >= 11 is 0. The van der Waals surface area contributed by atoms with E-state index in [1.54, 1.807) is 0 Å². The van der Waals surface area contributed by atoms with E-state index in [-0.39, 0.29) is 12.2 Å². The van der Waals surface area contributed by atoms with Crippen LogP contribution in [0.1, 0.15) is 12.5 Å². The zero-order chi connectivity index (χ0) is 12.1. The molecule has 0 bridgehead atoms. The molecule has 1 N–H and O–H groups in total. The predicted molar refractivity (Wildman–Crippen MR) is 64.9 cm³/mol. The van der Waals surface area contributed by atoms with Crippen LogP contribution >= 0.6 is 0 Å². The third-order valence-corrected chi connectivity index (χ3v) is 2.83. The van der Waals surface area contributed by atoms with Gasteiger partial charge in [0.25, 0.3) is 0 Å². The number of ether oxygens (including phenoxy) is 2. The summed E-state index contributed by atoms with van der Waals surface area (Å²) in [6.07, 6.45) is 5.28. The minimum atomic E-state index is 0.188. The summed E-state index contributed by atoms with van der Waals surface area (Å²) in [6.45, 7) is 5.29. The Morgan fingerprint density at radius 2 is 2.47 bits per heavy atom. The maximum atomic E-state index is 5.74. The summed E-state index contributed by atoms with van der Waals surface area (Å²) in [5.41, 5.74) is 1.21. The standard InChI is InChI=1S/C12H21N3O2/c1-10-5-13-7-12(17-10)9-16-4-3-11-6-14-15(2)8-11/h6,8,10,12-13H,3-5,7,9H2,1-2H3. The molecule has 2 atom stereocenters. The molecule has 0 radical (unpaired) electrons. The highest BCUT2D eigenvalue weighted by molar-refractivity contribution is 5.03. The number of nitrogens with one attached hydrogen (secondary N) is 1. The van der Waals surface area contributed by atoms with Crippen LogP contribution in [0.3, 0.4) is 0 Å². The van der Waals surface area contributed by atoms with E-state index >= 15 is 0 Å². The summed E-state index contributed by atoms with van der Waals surface area (Å²) in [5, 5.41) is 7.45. The summed E-state index contributed by atoms with van der Waals surface area (Å²) in [4.78, 5) is 0. The number of nitrogens with zero attached hydrogens (tertiary/aromatic N) is 2. The van der Waals surface area contributed by atoms with Crippen LogP contribution < -0.4 is 5.32 Å². The summed E-state index contributed by atoms with van der Waals surface area (Å²) in [5.74, 6) is 0. The second-order valence-corrected chi connectivity index (χ2v) is 4.57. The van der Waals surface area contributed by atoms with Crippen LogP contribution in [0.25, 0.3) is 0 Å². The Kier molecular flexibility index (Phi) is 4.53. The lowest BCUT2D eigenvalue weighted by atomic mass is 10.2. The lowest BCUT2D eigenvalue weighted by molar-refractivity contribution is -0.0681. The van der Waals surface area contributed by atoms with Crippen LogP contribution in [0.4, 0.5) is 0 Å². The van der Waals surface area contributed by atoms with Crippen molar-refractivity contribution in [2.75, 3.05) is 26.3 Å². The molecule has 1 aromatic rings. The fourth-order valence-corrected chi connectivity index (χ4v) is 1.98. The van der Waals surface area contributed by atoms with Crippen LogP contribution in [0.5, 0.6) is 0 Å². The van der Waals surface area contributed by atoms with E-state index < -0.39 is 0 Å². The maximum Gasteiger partial charge on any atom is 0.0936 e. The molecule has 2 heterocycles. The molecule has 2 unspecified atom stereocenters. The maximum absolute atomic E-state index is 5.74. The molecule has 2 rings (SSSR count). The smallest absolute Gasteiger partial charge is 0.0936 e. The molecule has 0 aromatic carbocycles. The molecular formula is C12H21N3O2. The van der Waals surface area contributed by atoms with Gasteiger partial charge in [0.05, 0.1) is 31.6 Å². The molecule has 0 saturated carbocycles. The van der Waals surface area contributed by atoms with Gasteiger partial charge in [0.1, 0.15) is 0 Å². The molecule has 0 spiro atoms. The Hall–Kier alpha value is -0.910. The zero-order valence-corrected chi connectivity index (χ0v) is 10.6. The molecule has 1 saturated heterocycles.